The second-order valence-corrected chi connectivity index (χ2v) is 5.26. The Morgan fingerprint density at radius 2 is 2.00 bits per heavy atom. The molecule has 1 aromatic heterocycles. The van der Waals surface area contributed by atoms with Crippen LogP contribution < -0.4 is 5.84 Å². The van der Waals surface area contributed by atoms with Crippen LogP contribution in [0.3, 0.4) is 0 Å². The number of aromatic carboxylic acids is 1. The summed E-state index contributed by atoms with van der Waals surface area (Å²) >= 11 is 0. The van der Waals surface area contributed by atoms with E-state index in [1.165, 1.54) is 18.4 Å². The molecule has 8 heteroatoms. The molecule has 0 fully saturated rings. The zero-order valence-corrected chi connectivity index (χ0v) is 12.3. The fourth-order valence-electron chi connectivity index (χ4n) is 2.43. The van der Waals surface area contributed by atoms with Crippen molar-refractivity contribution in [3.05, 3.63) is 65.7 Å². The van der Waals surface area contributed by atoms with Crippen molar-refractivity contribution < 1.29 is 19.0 Å². The van der Waals surface area contributed by atoms with Gasteiger partial charge in [-0.2, -0.15) is 4.99 Å². The van der Waals surface area contributed by atoms with E-state index in [1.54, 1.807) is 36.7 Å². The zero-order valence-electron chi connectivity index (χ0n) is 12.3. The number of hydrogen-bond acceptors (Lipinski definition) is 6. The van der Waals surface area contributed by atoms with Crippen LogP contribution in [0, 0.1) is 0 Å². The van der Waals surface area contributed by atoms with Crippen molar-refractivity contribution >= 4 is 29.6 Å². The Bertz CT molecular complexity index is 939. The normalized spacial score (nSPS) is 21.8. The summed E-state index contributed by atoms with van der Waals surface area (Å²) in [4.78, 5) is 19.6. The first-order valence-corrected chi connectivity index (χ1v) is 7.06. The van der Waals surface area contributed by atoms with E-state index < -0.39 is 5.97 Å². The number of fused-ring (bicyclic) bond motifs is 1. The van der Waals surface area contributed by atoms with Crippen molar-refractivity contribution in [2.24, 2.45) is 20.9 Å². The lowest BCUT2D eigenvalue weighted by atomic mass is 10.1. The molecule has 0 saturated heterocycles. The van der Waals surface area contributed by atoms with E-state index >= 15 is 0 Å². The number of hydrogen-bond donors (Lipinski definition) is 2. The molecule has 0 aliphatic carbocycles. The molecule has 2 aliphatic heterocycles. The summed E-state index contributed by atoms with van der Waals surface area (Å²) in [6.07, 6.45) is 4.72. The maximum absolute atomic E-state index is 10.9. The third-order valence-electron chi connectivity index (χ3n) is 3.66. The smallest absolute Gasteiger partial charge is 0.335 e. The third kappa shape index (κ3) is 2.26. The Labute approximate surface area is 136 Å². The van der Waals surface area contributed by atoms with Crippen molar-refractivity contribution in [2.45, 2.75) is 0 Å². The van der Waals surface area contributed by atoms with Gasteiger partial charge in [0.2, 0.25) is 0 Å². The Balaban J connectivity index is 1.70. The highest BCUT2D eigenvalue weighted by atomic mass is 16.4. The number of nitrogens with zero attached hydrogens (tertiary/aromatic N) is 4. The Kier molecular flexibility index (Phi) is 3.02. The van der Waals surface area contributed by atoms with E-state index in [-0.39, 0.29) is 10.3 Å². The van der Waals surface area contributed by atoms with Gasteiger partial charge >= 0.3 is 5.97 Å². The molecule has 3 N–H and O–H groups in total. The Morgan fingerprint density at radius 3 is 2.67 bits per heavy atom. The van der Waals surface area contributed by atoms with Crippen molar-refractivity contribution in [3.8, 4) is 0 Å². The van der Waals surface area contributed by atoms with E-state index in [0.717, 1.165) is 5.56 Å². The van der Waals surface area contributed by atoms with Crippen LogP contribution >= 0.6 is 0 Å². The van der Waals surface area contributed by atoms with Gasteiger partial charge < -0.3 is 9.52 Å². The number of carbonyl (C=O) groups is 1. The number of aliphatic imine (C=N–C) groups is 2. The van der Waals surface area contributed by atoms with Crippen LogP contribution in [-0.4, -0.2) is 33.7 Å². The average Bonchev–Trinajstić information content (AvgIpc) is 3.21. The van der Waals surface area contributed by atoms with Crippen molar-refractivity contribution in [1.29, 1.82) is 0 Å². The van der Waals surface area contributed by atoms with Crippen LogP contribution in [0.2, 0.25) is 0 Å². The van der Waals surface area contributed by atoms with Crippen molar-refractivity contribution in [2.75, 3.05) is 0 Å². The van der Waals surface area contributed by atoms with Crippen LogP contribution in [0.1, 0.15) is 21.7 Å². The van der Waals surface area contributed by atoms with E-state index in [4.69, 9.17) is 15.4 Å². The second kappa shape index (κ2) is 5.08. The highest BCUT2D eigenvalue weighted by Gasteiger charge is 2.40. The van der Waals surface area contributed by atoms with Gasteiger partial charge in [-0.1, -0.05) is 12.1 Å². The van der Waals surface area contributed by atoms with E-state index in [9.17, 15) is 4.79 Å². The van der Waals surface area contributed by atoms with Crippen LogP contribution in [-0.2, 0) is 0 Å². The number of carboxylic acid groups (broad SMARTS) is 1. The lowest BCUT2D eigenvalue weighted by Crippen LogP contribution is -2.50. The number of nitrogens with two attached hydrogens (primary N) is 1. The van der Waals surface area contributed by atoms with Crippen molar-refractivity contribution in [1.82, 2.24) is 0 Å². The molecule has 0 radical (unpaired) electrons. The predicted molar refractivity (Wildman–Crippen MR) is 87.0 cm³/mol. The molecule has 2 aliphatic rings. The van der Waals surface area contributed by atoms with Gasteiger partial charge in [-0.05, 0) is 34.1 Å². The standard InChI is InChI=1S/C16H11N5O3/c17-21-9-12(10-3-5-11(6-4-10)16(22)23)18-8-14(21)19-15(20-21)13-2-1-7-24-13/h1-9H,17H2/p+1. The highest BCUT2D eigenvalue weighted by Crippen LogP contribution is 2.26. The summed E-state index contributed by atoms with van der Waals surface area (Å²) in [6.45, 7) is 0. The molecule has 1 atom stereocenters. The minimum Gasteiger partial charge on any atom is -0.478 e. The first kappa shape index (κ1) is 14.2. The SMILES string of the molecule is N[N+]12C=C(c3ccc(C(=O)O)cc3)N=CC1=NC(c1ccco1)=N2. The van der Waals surface area contributed by atoms with Gasteiger partial charge in [-0.25, -0.2) is 9.79 Å². The van der Waals surface area contributed by atoms with Gasteiger partial charge in [-0.15, -0.1) is 5.84 Å². The highest BCUT2D eigenvalue weighted by molar-refractivity contribution is 6.32. The molecule has 0 saturated carbocycles. The second-order valence-electron chi connectivity index (χ2n) is 5.26. The molecule has 0 spiro atoms. The maximum Gasteiger partial charge on any atom is 0.335 e. The third-order valence-corrected chi connectivity index (χ3v) is 3.66. The molecule has 2 aromatic rings. The first-order chi connectivity index (χ1) is 11.5. The van der Waals surface area contributed by atoms with Crippen LogP contribution in [0.25, 0.3) is 5.70 Å². The number of amidine groups is 2. The summed E-state index contributed by atoms with van der Waals surface area (Å²) < 4.78 is 4.93. The molecule has 1 unspecified atom stereocenters. The van der Waals surface area contributed by atoms with Crippen molar-refractivity contribution in [3.63, 3.8) is 0 Å². The number of carboxylic acids is 1. The minimum absolute atomic E-state index is 0.206. The molecule has 0 amide bonds. The monoisotopic (exact) mass is 322 g/mol. The lowest BCUT2D eigenvalue weighted by molar-refractivity contribution is -0.802. The fourth-order valence-corrected chi connectivity index (χ4v) is 2.43. The van der Waals surface area contributed by atoms with Crippen LogP contribution in [0.4, 0.5) is 0 Å². The van der Waals surface area contributed by atoms with Gasteiger partial charge in [-0.3, -0.25) is 0 Å². The van der Waals surface area contributed by atoms with E-state index in [1.807, 2.05) is 0 Å². The summed E-state index contributed by atoms with van der Waals surface area (Å²) in [5, 5.41) is 13.3. The molecular formula is C16H12N5O3+. The van der Waals surface area contributed by atoms with Gasteiger partial charge in [0, 0.05) is 5.56 Å². The summed E-state index contributed by atoms with van der Waals surface area (Å²) in [5.74, 6) is 6.68. The molecule has 8 nitrogen and oxygen atoms in total. The Hall–Kier alpha value is -3.36. The summed E-state index contributed by atoms with van der Waals surface area (Å²) in [6, 6.07) is 9.87. The van der Waals surface area contributed by atoms with Gasteiger partial charge in [0.25, 0.3) is 11.7 Å². The number of benzene rings is 1. The molecule has 118 valence electrons. The van der Waals surface area contributed by atoms with Gasteiger partial charge in [0.1, 0.15) is 11.9 Å². The largest absolute Gasteiger partial charge is 0.478 e. The summed E-state index contributed by atoms with van der Waals surface area (Å²) in [7, 11) is 0. The van der Waals surface area contributed by atoms with Crippen LogP contribution in [0.15, 0.2) is 68.4 Å². The van der Waals surface area contributed by atoms with E-state index in [0.29, 0.717) is 23.1 Å². The number of quaternary nitrogens is 1. The molecule has 3 heterocycles. The maximum atomic E-state index is 10.9. The fraction of sp³-hybridized carbons (Fsp3) is 0. The molecule has 24 heavy (non-hydrogen) atoms. The lowest BCUT2D eigenvalue weighted by Gasteiger charge is -2.19. The minimum atomic E-state index is -0.980. The van der Waals surface area contributed by atoms with E-state index in [2.05, 4.69) is 15.1 Å². The molecule has 1 aromatic carbocycles. The topological polar surface area (TPSA) is 114 Å². The first-order valence-electron chi connectivity index (χ1n) is 7.06. The molecule has 0 bridgehead atoms. The van der Waals surface area contributed by atoms with Crippen LogP contribution in [0.5, 0.6) is 0 Å². The number of rotatable bonds is 3. The average molecular weight is 322 g/mol. The summed E-state index contributed by atoms with van der Waals surface area (Å²) in [5.41, 5.74) is 1.52. The zero-order chi connectivity index (χ0) is 16.7. The molecular weight excluding hydrogens is 310 g/mol. The predicted octanol–water partition coefficient (Wildman–Crippen LogP) is 1.83. The number of furan rings is 1. The van der Waals surface area contributed by atoms with Gasteiger partial charge in [0.15, 0.2) is 12.0 Å². The molecule has 4 rings (SSSR count). The quantitative estimate of drug-likeness (QED) is 0.662. The van der Waals surface area contributed by atoms with Gasteiger partial charge in [0.05, 0.1) is 11.8 Å². The Morgan fingerprint density at radius 1 is 1.21 bits per heavy atom.